The van der Waals surface area contributed by atoms with E-state index in [0.717, 1.165) is 0 Å². The molecular formula is C10H13NO4. The summed E-state index contributed by atoms with van der Waals surface area (Å²) in [6, 6.07) is 6.51. The molecule has 82 valence electrons. The SMILES string of the molecule is CC(=O)Oc1ccccc1C(=O)CN.O. The van der Waals surface area contributed by atoms with E-state index in [1.165, 1.54) is 6.92 Å². The number of hydrogen-bond donors (Lipinski definition) is 1. The second-order valence-corrected chi connectivity index (χ2v) is 2.72. The molecule has 0 radical (unpaired) electrons. The molecule has 0 bridgehead atoms. The van der Waals surface area contributed by atoms with Crippen molar-refractivity contribution in [2.45, 2.75) is 6.92 Å². The normalized spacial score (nSPS) is 8.93. The number of hydrogen-bond acceptors (Lipinski definition) is 4. The Balaban J connectivity index is 0.00000196. The van der Waals surface area contributed by atoms with Crippen LogP contribution in [0, 0.1) is 0 Å². The molecule has 0 saturated carbocycles. The zero-order chi connectivity index (χ0) is 10.6. The predicted molar refractivity (Wildman–Crippen MR) is 54.7 cm³/mol. The van der Waals surface area contributed by atoms with Crippen molar-refractivity contribution in [3.05, 3.63) is 29.8 Å². The van der Waals surface area contributed by atoms with Gasteiger partial charge in [-0.15, -0.1) is 0 Å². The highest BCUT2D eigenvalue weighted by Gasteiger charge is 2.11. The Morgan fingerprint density at radius 2 is 1.93 bits per heavy atom. The molecule has 0 unspecified atom stereocenters. The zero-order valence-electron chi connectivity index (χ0n) is 8.32. The molecule has 5 nitrogen and oxygen atoms in total. The molecule has 1 rings (SSSR count). The van der Waals surface area contributed by atoms with Crippen molar-refractivity contribution in [1.29, 1.82) is 0 Å². The summed E-state index contributed by atoms with van der Waals surface area (Å²) >= 11 is 0. The molecule has 0 spiro atoms. The lowest BCUT2D eigenvalue weighted by Crippen LogP contribution is -2.15. The van der Waals surface area contributed by atoms with Gasteiger partial charge in [-0.25, -0.2) is 0 Å². The van der Waals surface area contributed by atoms with Gasteiger partial charge in [-0.2, -0.15) is 0 Å². The van der Waals surface area contributed by atoms with Gasteiger partial charge in [-0.05, 0) is 12.1 Å². The summed E-state index contributed by atoms with van der Waals surface area (Å²) in [7, 11) is 0. The van der Waals surface area contributed by atoms with E-state index in [4.69, 9.17) is 10.5 Å². The van der Waals surface area contributed by atoms with Crippen molar-refractivity contribution in [1.82, 2.24) is 0 Å². The summed E-state index contributed by atoms with van der Waals surface area (Å²) in [5.41, 5.74) is 5.55. The smallest absolute Gasteiger partial charge is 0.308 e. The number of carbonyl (C=O) groups is 2. The number of ketones is 1. The second kappa shape index (κ2) is 5.90. The molecule has 0 saturated heterocycles. The van der Waals surface area contributed by atoms with Crippen molar-refractivity contribution in [3.8, 4) is 5.75 Å². The Labute approximate surface area is 87.1 Å². The summed E-state index contributed by atoms with van der Waals surface area (Å²) in [5, 5.41) is 0. The van der Waals surface area contributed by atoms with E-state index in [1.54, 1.807) is 24.3 Å². The van der Waals surface area contributed by atoms with E-state index >= 15 is 0 Å². The van der Waals surface area contributed by atoms with Crippen LogP contribution in [0.3, 0.4) is 0 Å². The highest BCUT2D eigenvalue weighted by molar-refractivity contribution is 6.00. The van der Waals surface area contributed by atoms with Gasteiger partial charge in [0.25, 0.3) is 0 Å². The summed E-state index contributed by atoms with van der Waals surface area (Å²) in [6.07, 6.45) is 0. The first-order valence-electron chi connectivity index (χ1n) is 4.16. The lowest BCUT2D eigenvalue weighted by atomic mass is 10.1. The van der Waals surface area contributed by atoms with Crippen molar-refractivity contribution in [3.63, 3.8) is 0 Å². The van der Waals surface area contributed by atoms with Crippen molar-refractivity contribution in [2.24, 2.45) is 5.73 Å². The average molecular weight is 211 g/mol. The quantitative estimate of drug-likeness (QED) is 0.429. The fourth-order valence-corrected chi connectivity index (χ4v) is 1.05. The average Bonchev–Trinajstić information content (AvgIpc) is 2.16. The molecular weight excluding hydrogens is 198 g/mol. The molecule has 0 aliphatic carbocycles. The third-order valence-corrected chi connectivity index (χ3v) is 1.63. The molecule has 1 aromatic rings. The number of esters is 1. The summed E-state index contributed by atoms with van der Waals surface area (Å²) in [6.45, 7) is 1.18. The Bertz CT molecular complexity index is 362. The molecule has 4 N–H and O–H groups in total. The van der Waals surface area contributed by atoms with Gasteiger partial charge in [0.2, 0.25) is 0 Å². The van der Waals surface area contributed by atoms with Crippen LogP contribution in [-0.2, 0) is 4.79 Å². The minimum atomic E-state index is -0.456. The number of ether oxygens (including phenoxy) is 1. The van der Waals surface area contributed by atoms with E-state index in [-0.39, 0.29) is 23.6 Å². The molecule has 5 heteroatoms. The van der Waals surface area contributed by atoms with E-state index < -0.39 is 5.97 Å². The maximum atomic E-state index is 11.3. The van der Waals surface area contributed by atoms with Gasteiger partial charge >= 0.3 is 5.97 Å². The molecule has 0 fully saturated rings. The fraction of sp³-hybridized carbons (Fsp3) is 0.200. The van der Waals surface area contributed by atoms with Gasteiger partial charge in [0, 0.05) is 6.92 Å². The lowest BCUT2D eigenvalue weighted by molar-refractivity contribution is -0.131. The van der Waals surface area contributed by atoms with E-state index in [2.05, 4.69) is 0 Å². The largest absolute Gasteiger partial charge is 0.426 e. The molecule has 0 aliphatic rings. The Hall–Kier alpha value is -1.72. The summed E-state index contributed by atoms with van der Waals surface area (Å²) < 4.78 is 4.85. The van der Waals surface area contributed by atoms with Crippen LogP contribution in [-0.4, -0.2) is 23.8 Å². The standard InChI is InChI=1S/C10H11NO3.H2O/c1-7(12)14-10-5-3-2-4-8(10)9(13)6-11;/h2-5H,6,11H2,1H3;1H2. The van der Waals surface area contributed by atoms with Gasteiger partial charge in [0.1, 0.15) is 5.75 Å². The van der Waals surface area contributed by atoms with Crippen molar-refractivity contribution < 1.29 is 19.8 Å². The number of nitrogens with two attached hydrogens (primary N) is 1. The molecule has 0 atom stereocenters. The maximum Gasteiger partial charge on any atom is 0.308 e. The van der Waals surface area contributed by atoms with Gasteiger partial charge in [-0.3, -0.25) is 9.59 Å². The van der Waals surface area contributed by atoms with Crippen LogP contribution in [0.4, 0.5) is 0 Å². The van der Waals surface area contributed by atoms with Crippen LogP contribution in [0.1, 0.15) is 17.3 Å². The number of Topliss-reactive ketones (excluding diaryl/α,β-unsaturated/α-hetero) is 1. The lowest BCUT2D eigenvalue weighted by Gasteiger charge is -2.05. The van der Waals surface area contributed by atoms with Gasteiger partial charge in [0.05, 0.1) is 12.1 Å². The maximum absolute atomic E-state index is 11.3. The zero-order valence-corrected chi connectivity index (χ0v) is 8.32. The van der Waals surface area contributed by atoms with Crippen molar-refractivity contribution >= 4 is 11.8 Å². The monoisotopic (exact) mass is 211 g/mol. The minimum absolute atomic E-state index is 0. The fourth-order valence-electron chi connectivity index (χ4n) is 1.05. The van der Waals surface area contributed by atoms with Crippen LogP contribution < -0.4 is 10.5 Å². The first-order chi connectivity index (χ1) is 6.65. The predicted octanol–water partition coefficient (Wildman–Crippen LogP) is -0.0714. The van der Waals surface area contributed by atoms with Gasteiger partial charge in [0.15, 0.2) is 5.78 Å². The van der Waals surface area contributed by atoms with Gasteiger partial charge < -0.3 is 15.9 Å². The van der Waals surface area contributed by atoms with E-state index in [0.29, 0.717) is 5.56 Å². The molecule has 0 heterocycles. The van der Waals surface area contributed by atoms with E-state index in [1.807, 2.05) is 0 Å². The highest BCUT2D eigenvalue weighted by atomic mass is 16.5. The van der Waals surface area contributed by atoms with Crippen LogP contribution in [0.2, 0.25) is 0 Å². The summed E-state index contributed by atoms with van der Waals surface area (Å²) in [4.78, 5) is 22.0. The van der Waals surface area contributed by atoms with Crippen LogP contribution >= 0.6 is 0 Å². The first-order valence-corrected chi connectivity index (χ1v) is 4.16. The molecule has 15 heavy (non-hydrogen) atoms. The minimum Gasteiger partial charge on any atom is -0.426 e. The van der Waals surface area contributed by atoms with Crippen molar-refractivity contribution in [2.75, 3.05) is 6.54 Å². The molecule has 1 aromatic carbocycles. The Kier molecular flexibility index (Phi) is 5.22. The van der Waals surface area contributed by atoms with Crippen LogP contribution in [0.15, 0.2) is 24.3 Å². The highest BCUT2D eigenvalue weighted by Crippen LogP contribution is 2.18. The third kappa shape index (κ3) is 3.49. The van der Waals surface area contributed by atoms with Gasteiger partial charge in [-0.1, -0.05) is 12.1 Å². The molecule has 0 aromatic heterocycles. The number of benzene rings is 1. The molecule has 0 aliphatic heterocycles. The van der Waals surface area contributed by atoms with Crippen LogP contribution in [0.25, 0.3) is 0 Å². The van der Waals surface area contributed by atoms with Crippen LogP contribution in [0.5, 0.6) is 5.75 Å². The Morgan fingerprint density at radius 1 is 1.33 bits per heavy atom. The van der Waals surface area contributed by atoms with E-state index in [9.17, 15) is 9.59 Å². The number of rotatable bonds is 3. The third-order valence-electron chi connectivity index (χ3n) is 1.63. The Morgan fingerprint density at radius 3 is 2.47 bits per heavy atom. The summed E-state index contributed by atoms with van der Waals surface area (Å²) in [5.74, 6) is -0.445. The first kappa shape index (κ1) is 13.3. The molecule has 0 amide bonds. The number of para-hydroxylation sites is 1. The topological polar surface area (TPSA) is 101 Å². The second-order valence-electron chi connectivity index (χ2n) is 2.72. The number of carbonyl (C=O) groups excluding carboxylic acids is 2.